The molecule has 0 amide bonds. The van der Waals surface area contributed by atoms with E-state index >= 15 is 0 Å². The molecule has 0 radical (unpaired) electrons. The second-order valence-electron chi connectivity index (χ2n) is 5.46. The summed E-state index contributed by atoms with van der Waals surface area (Å²) >= 11 is 7.25. The molecule has 1 heterocycles. The Labute approximate surface area is 168 Å². The lowest BCUT2D eigenvalue weighted by Gasteiger charge is -2.14. The second kappa shape index (κ2) is 7.99. The van der Waals surface area contributed by atoms with Crippen molar-refractivity contribution in [2.75, 3.05) is 19.5 Å². The van der Waals surface area contributed by atoms with Gasteiger partial charge in [-0.3, -0.25) is 15.4 Å². The third-order valence-electron chi connectivity index (χ3n) is 3.83. The first-order chi connectivity index (χ1) is 13.4. The summed E-state index contributed by atoms with van der Waals surface area (Å²) in [7, 11) is 2.92. The lowest BCUT2D eigenvalue weighted by molar-refractivity contribution is 0.401. The van der Waals surface area contributed by atoms with Crippen LogP contribution in [-0.4, -0.2) is 37.6 Å². The largest absolute Gasteiger partial charge is 0.479 e. The SMILES string of the molecule is C=Nc1ccc2nc(C(=N)OC)sc2c1C(=NC)Nc1cc(F)c(F)cc1Cl. The van der Waals surface area contributed by atoms with Gasteiger partial charge in [-0.2, -0.15) is 0 Å². The number of halogens is 3. The van der Waals surface area contributed by atoms with Crippen molar-refractivity contribution in [2.45, 2.75) is 0 Å². The Bertz CT molecular complexity index is 1130. The molecule has 28 heavy (non-hydrogen) atoms. The van der Waals surface area contributed by atoms with Gasteiger partial charge in [0.15, 0.2) is 16.6 Å². The molecular formula is C18H14ClF2N5OS. The van der Waals surface area contributed by atoms with Crippen LogP contribution >= 0.6 is 22.9 Å². The average molecular weight is 422 g/mol. The topological polar surface area (TPSA) is 82.7 Å². The van der Waals surface area contributed by atoms with Gasteiger partial charge in [0.1, 0.15) is 5.84 Å². The average Bonchev–Trinajstić information content (AvgIpc) is 3.12. The number of rotatable bonds is 4. The molecule has 0 aliphatic rings. The Hall–Kier alpha value is -2.91. The maximum atomic E-state index is 13.7. The summed E-state index contributed by atoms with van der Waals surface area (Å²) in [6.45, 7) is 3.57. The number of aromatic nitrogens is 1. The van der Waals surface area contributed by atoms with Crippen LogP contribution in [0.1, 0.15) is 10.6 Å². The van der Waals surface area contributed by atoms with E-state index in [0.29, 0.717) is 32.3 Å². The van der Waals surface area contributed by atoms with Gasteiger partial charge in [0, 0.05) is 13.1 Å². The molecule has 0 saturated heterocycles. The van der Waals surface area contributed by atoms with Crippen molar-refractivity contribution < 1.29 is 13.5 Å². The highest BCUT2D eigenvalue weighted by Gasteiger charge is 2.20. The van der Waals surface area contributed by atoms with Gasteiger partial charge in [0.25, 0.3) is 0 Å². The number of fused-ring (bicyclic) bond motifs is 1. The number of nitrogens with zero attached hydrogens (tertiary/aromatic N) is 3. The summed E-state index contributed by atoms with van der Waals surface area (Å²) < 4.78 is 32.6. The van der Waals surface area contributed by atoms with E-state index in [1.807, 2.05) is 0 Å². The van der Waals surface area contributed by atoms with E-state index in [4.69, 9.17) is 21.7 Å². The van der Waals surface area contributed by atoms with Gasteiger partial charge in [-0.05, 0) is 24.9 Å². The van der Waals surface area contributed by atoms with E-state index in [2.05, 4.69) is 27.0 Å². The lowest BCUT2D eigenvalue weighted by atomic mass is 10.1. The summed E-state index contributed by atoms with van der Waals surface area (Å²) in [4.78, 5) is 12.6. The van der Waals surface area contributed by atoms with Crippen LogP contribution in [0.15, 0.2) is 34.3 Å². The number of amidine groups is 1. The molecule has 0 spiro atoms. The minimum Gasteiger partial charge on any atom is -0.479 e. The van der Waals surface area contributed by atoms with E-state index in [0.717, 1.165) is 12.1 Å². The molecule has 6 nitrogen and oxygen atoms in total. The van der Waals surface area contributed by atoms with Gasteiger partial charge in [-0.15, -0.1) is 11.3 Å². The predicted octanol–water partition coefficient (Wildman–Crippen LogP) is 5.02. The quantitative estimate of drug-likeness (QED) is 0.352. The zero-order valence-electron chi connectivity index (χ0n) is 14.8. The third kappa shape index (κ3) is 3.58. The van der Waals surface area contributed by atoms with Crippen molar-refractivity contribution in [3.63, 3.8) is 0 Å². The van der Waals surface area contributed by atoms with Crippen molar-refractivity contribution in [1.29, 1.82) is 5.41 Å². The molecule has 2 N–H and O–H groups in total. The molecule has 2 aromatic carbocycles. The van der Waals surface area contributed by atoms with Gasteiger partial charge < -0.3 is 10.1 Å². The van der Waals surface area contributed by atoms with Crippen LogP contribution in [0.25, 0.3) is 10.2 Å². The number of anilines is 1. The van der Waals surface area contributed by atoms with Crippen molar-refractivity contribution in [3.8, 4) is 0 Å². The lowest BCUT2D eigenvalue weighted by Crippen LogP contribution is -2.15. The first-order valence-corrected chi connectivity index (χ1v) is 9.01. The number of hydrogen-bond acceptors (Lipinski definition) is 6. The van der Waals surface area contributed by atoms with Crippen molar-refractivity contribution in [3.05, 3.63) is 51.5 Å². The van der Waals surface area contributed by atoms with Crippen molar-refractivity contribution >= 4 is 63.0 Å². The van der Waals surface area contributed by atoms with Crippen LogP contribution < -0.4 is 5.32 Å². The number of nitrogens with one attached hydrogen (secondary N) is 2. The van der Waals surface area contributed by atoms with Gasteiger partial charge in [-0.25, -0.2) is 13.8 Å². The number of benzene rings is 2. The smallest absolute Gasteiger partial charge is 0.242 e. The van der Waals surface area contributed by atoms with Gasteiger partial charge >= 0.3 is 0 Å². The highest BCUT2D eigenvalue weighted by atomic mass is 35.5. The zero-order valence-corrected chi connectivity index (χ0v) is 16.4. The molecule has 0 unspecified atom stereocenters. The van der Waals surface area contributed by atoms with Crippen molar-refractivity contribution in [1.82, 2.24) is 4.98 Å². The molecule has 0 aliphatic heterocycles. The fourth-order valence-corrected chi connectivity index (χ4v) is 3.74. The van der Waals surface area contributed by atoms with Crippen LogP contribution in [0.4, 0.5) is 20.2 Å². The van der Waals surface area contributed by atoms with Crippen LogP contribution in [0.2, 0.25) is 5.02 Å². The van der Waals surface area contributed by atoms with E-state index in [-0.39, 0.29) is 16.6 Å². The maximum absolute atomic E-state index is 13.7. The first kappa shape index (κ1) is 19.8. The van der Waals surface area contributed by atoms with Crippen LogP contribution in [0, 0.1) is 17.0 Å². The Morgan fingerprint density at radius 1 is 1.32 bits per heavy atom. The summed E-state index contributed by atoms with van der Waals surface area (Å²) in [5, 5.41) is 11.1. The zero-order chi connectivity index (χ0) is 20.4. The Balaban J connectivity index is 2.16. The Morgan fingerprint density at radius 3 is 2.68 bits per heavy atom. The fraction of sp³-hybridized carbons (Fsp3) is 0.111. The summed E-state index contributed by atoms with van der Waals surface area (Å²) in [6, 6.07) is 5.26. The molecule has 0 bridgehead atoms. The van der Waals surface area contributed by atoms with Crippen LogP contribution in [0.5, 0.6) is 0 Å². The molecule has 0 fully saturated rings. The number of hydrogen-bond donors (Lipinski definition) is 2. The minimum atomic E-state index is -1.05. The Kier molecular flexibility index (Phi) is 5.66. The number of aliphatic imine (C=N–C) groups is 2. The first-order valence-electron chi connectivity index (χ1n) is 7.81. The highest BCUT2D eigenvalue weighted by molar-refractivity contribution is 7.20. The minimum absolute atomic E-state index is 0.00788. The monoisotopic (exact) mass is 421 g/mol. The van der Waals surface area contributed by atoms with E-state index < -0.39 is 11.6 Å². The van der Waals surface area contributed by atoms with Gasteiger partial charge in [0.2, 0.25) is 5.90 Å². The summed E-state index contributed by atoms with van der Waals surface area (Å²) in [5.74, 6) is -1.87. The molecule has 1 aromatic heterocycles. The number of thiazole rings is 1. The Morgan fingerprint density at radius 2 is 2.04 bits per heavy atom. The molecule has 3 aromatic rings. The van der Waals surface area contributed by atoms with Crippen molar-refractivity contribution in [2.24, 2.45) is 9.98 Å². The normalized spacial score (nSPS) is 11.5. The fourth-order valence-electron chi connectivity index (χ4n) is 2.50. The molecule has 144 valence electrons. The summed E-state index contributed by atoms with van der Waals surface area (Å²) in [6.07, 6.45) is 0. The number of ether oxygens (including phenoxy) is 1. The molecular weight excluding hydrogens is 408 g/mol. The molecule has 10 heteroatoms. The summed E-state index contributed by atoms with van der Waals surface area (Å²) in [5.41, 5.74) is 1.79. The van der Waals surface area contributed by atoms with Crippen LogP contribution in [0.3, 0.4) is 0 Å². The standard InChI is InChI=1S/C18H14ClF2N5OS/c1-23-11-4-5-12-15(28-18(26-12)16(22)27-3)14(11)17(24-2)25-13-7-10(21)9(20)6-8(13)19/h4-7,22H,1H2,2-3H3,(H,24,25). The maximum Gasteiger partial charge on any atom is 0.242 e. The molecule has 0 aliphatic carbocycles. The van der Waals surface area contributed by atoms with Gasteiger partial charge in [-0.1, -0.05) is 11.6 Å². The van der Waals surface area contributed by atoms with E-state index in [9.17, 15) is 8.78 Å². The van der Waals surface area contributed by atoms with E-state index in [1.54, 1.807) is 12.1 Å². The second-order valence-corrected chi connectivity index (χ2v) is 6.87. The predicted molar refractivity (Wildman–Crippen MR) is 110 cm³/mol. The highest BCUT2D eigenvalue weighted by Crippen LogP contribution is 2.34. The van der Waals surface area contributed by atoms with Crippen LogP contribution in [-0.2, 0) is 4.74 Å². The molecule has 0 saturated carbocycles. The molecule has 0 atom stereocenters. The van der Waals surface area contributed by atoms with E-state index in [1.165, 1.54) is 25.5 Å². The number of methoxy groups -OCH3 is 1. The van der Waals surface area contributed by atoms with Gasteiger partial charge in [0.05, 0.1) is 39.3 Å². The molecule has 3 rings (SSSR count). The third-order valence-corrected chi connectivity index (χ3v) is 5.23.